The van der Waals surface area contributed by atoms with Gasteiger partial charge in [-0.2, -0.15) is 5.26 Å². The minimum Gasteiger partial charge on any atom is -0.477 e. The van der Waals surface area contributed by atoms with Gasteiger partial charge in [0, 0.05) is 11.4 Å². The Bertz CT molecular complexity index is 668. The predicted octanol–water partition coefficient (Wildman–Crippen LogP) is 3.42. The summed E-state index contributed by atoms with van der Waals surface area (Å²) in [5.74, 6) is -1.22. The number of nitriles is 1. The maximum absolute atomic E-state index is 10.7. The predicted molar refractivity (Wildman–Crippen MR) is 77.4 cm³/mol. The van der Waals surface area contributed by atoms with E-state index in [4.69, 9.17) is 10.4 Å². The summed E-state index contributed by atoms with van der Waals surface area (Å²) in [5, 5.41) is 20.7. The van der Waals surface area contributed by atoms with Crippen molar-refractivity contribution in [1.82, 2.24) is 0 Å². The van der Waals surface area contributed by atoms with Crippen LogP contribution in [0.2, 0.25) is 0 Å². The topological polar surface area (TPSA) is 73.1 Å². The van der Waals surface area contributed by atoms with Crippen LogP contribution in [0.3, 0.4) is 0 Å². The van der Waals surface area contributed by atoms with Crippen molar-refractivity contribution in [2.24, 2.45) is 0 Å². The molecule has 0 unspecified atom stereocenters. The molecule has 0 amide bonds. The van der Waals surface area contributed by atoms with E-state index in [0.29, 0.717) is 5.56 Å². The summed E-state index contributed by atoms with van der Waals surface area (Å²) in [6.45, 7) is 0. The molecule has 0 radical (unpaired) electrons. The molecule has 98 valence electrons. The highest BCUT2D eigenvalue weighted by molar-refractivity contribution is 5.96. The molecule has 4 nitrogen and oxygen atoms in total. The van der Waals surface area contributed by atoms with Crippen LogP contribution in [-0.4, -0.2) is 11.1 Å². The Balaban J connectivity index is 2.15. The zero-order valence-corrected chi connectivity index (χ0v) is 10.6. The van der Waals surface area contributed by atoms with Gasteiger partial charge in [-0.3, -0.25) is 0 Å². The summed E-state index contributed by atoms with van der Waals surface area (Å²) in [7, 11) is 0. The van der Waals surface area contributed by atoms with Crippen LogP contribution >= 0.6 is 0 Å². The van der Waals surface area contributed by atoms with Crippen molar-refractivity contribution in [1.29, 1.82) is 5.26 Å². The number of aliphatic carboxylic acids is 1. The number of anilines is 2. The monoisotopic (exact) mass is 264 g/mol. The third kappa shape index (κ3) is 3.47. The quantitative estimate of drug-likeness (QED) is 0.655. The fourth-order valence-corrected chi connectivity index (χ4v) is 1.66. The second-order valence-electron chi connectivity index (χ2n) is 4.09. The summed E-state index contributed by atoms with van der Waals surface area (Å²) >= 11 is 0. The molecule has 0 aliphatic rings. The number of rotatable bonds is 4. The van der Waals surface area contributed by atoms with Gasteiger partial charge in [-0.1, -0.05) is 30.3 Å². The lowest BCUT2D eigenvalue weighted by Gasteiger charge is -2.06. The molecule has 4 heteroatoms. The van der Waals surface area contributed by atoms with Gasteiger partial charge < -0.3 is 10.4 Å². The average Bonchev–Trinajstić information content (AvgIpc) is 2.47. The van der Waals surface area contributed by atoms with Crippen molar-refractivity contribution in [3.63, 3.8) is 0 Å². The third-order valence-corrected chi connectivity index (χ3v) is 2.64. The fourth-order valence-electron chi connectivity index (χ4n) is 1.66. The maximum atomic E-state index is 10.7. The molecule has 0 bridgehead atoms. The summed E-state index contributed by atoms with van der Waals surface area (Å²) in [5.41, 5.74) is 2.25. The number of hydrogen-bond acceptors (Lipinski definition) is 3. The first-order valence-corrected chi connectivity index (χ1v) is 5.96. The third-order valence-electron chi connectivity index (χ3n) is 2.64. The van der Waals surface area contributed by atoms with Gasteiger partial charge >= 0.3 is 5.97 Å². The van der Waals surface area contributed by atoms with Gasteiger partial charge in [0.2, 0.25) is 0 Å². The van der Waals surface area contributed by atoms with Gasteiger partial charge in [-0.15, -0.1) is 0 Å². The highest BCUT2D eigenvalue weighted by Gasteiger charge is 2.05. The van der Waals surface area contributed by atoms with Crippen LogP contribution in [0, 0.1) is 11.3 Å². The maximum Gasteiger partial charge on any atom is 0.346 e. The van der Waals surface area contributed by atoms with Gasteiger partial charge in [0.15, 0.2) is 0 Å². The van der Waals surface area contributed by atoms with Crippen molar-refractivity contribution < 1.29 is 9.90 Å². The molecule has 2 aromatic rings. The summed E-state index contributed by atoms with van der Waals surface area (Å²) in [6, 6.07) is 18.5. The van der Waals surface area contributed by atoms with Crippen LogP contribution in [0.15, 0.2) is 60.2 Å². The Labute approximate surface area is 116 Å². The highest BCUT2D eigenvalue weighted by Crippen LogP contribution is 2.17. The number of carboxylic acids is 1. The van der Waals surface area contributed by atoms with Crippen molar-refractivity contribution in [3.05, 3.63) is 65.7 Å². The first-order valence-electron chi connectivity index (χ1n) is 5.96. The van der Waals surface area contributed by atoms with Crippen LogP contribution in [0.25, 0.3) is 6.08 Å². The van der Waals surface area contributed by atoms with Gasteiger partial charge in [-0.05, 0) is 35.9 Å². The van der Waals surface area contributed by atoms with Crippen LogP contribution in [-0.2, 0) is 4.79 Å². The lowest BCUT2D eigenvalue weighted by molar-refractivity contribution is -0.132. The van der Waals surface area contributed by atoms with E-state index in [-0.39, 0.29) is 5.57 Å². The molecule has 0 aliphatic heterocycles. The Morgan fingerprint density at radius 2 is 1.65 bits per heavy atom. The largest absolute Gasteiger partial charge is 0.477 e. The minimum atomic E-state index is -1.22. The second-order valence-corrected chi connectivity index (χ2v) is 4.09. The lowest BCUT2D eigenvalue weighted by atomic mass is 10.1. The molecule has 0 atom stereocenters. The van der Waals surface area contributed by atoms with Gasteiger partial charge in [-0.25, -0.2) is 4.79 Å². The minimum absolute atomic E-state index is 0.284. The van der Waals surface area contributed by atoms with Crippen molar-refractivity contribution in [2.75, 3.05) is 5.32 Å². The van der Waals surface area contributed by atoms with Crippen molar-refractivity contribution in [2.45, 2.75) is 0 Å². The molecule has 0 heterocycles. The summed E-state index contributed by atoms with van der Waals surface area (Å²) < 4.78 is 0. The summed E-state index contributed by atoms with van der Waals surface area (Å²) in [6.07, 6.45) is 1.34. The molecule has 0 saturated carbocycles. The van der Waals surface area contributed by atoms with E-state index in [0.717, 1.165) is 11.4 Å². The first-order chi connectivity index (χ1) is 9.69. The van der Waals surface area contributed by atoms with Crippen molar-refractivity contribution >= 4 is 23.4 Å². The fraction of sp³-hybridized carbons (Fsp3) is 0. The van der Waals surface area contributed by atoms with Crippen LogP contribution in [0.5, 0.6) is 0 Å². The Kier molecular flexibility index (Phi) is 4.15. The zero-order chi connectivity index (χ0) is 14.4. The molecule has 2 aromatic carbocycles. The number of hydrogen-bond donors (Lipinski definition) is 2. The van der Waals surface area contributed by atoms with E-state index < -0.39 is 5.97 Å². The molecule has 2 rings (SSSR count). The van der Waals surface area contributed by atoms with Gasteiger partial charge in [0.1, 0.15) is 11.6 Å². The smallest absolute Gasteiger partial charge is 0.346 e. The lowest BCUT2D eigenvalue weighted by Crippen LogP contribution is -1.97. The molecule has 0 fully saturated rings. The number of carboxylic acid groups (broad SMARTS) is 1. The molecule has 0 saturated heterocycles. The van der Waals surface area contributed by atoms with E-state index in [9.17, 15) is 4.79 Å². The zero-order valence-electron chi connectivity index (χ0n) is 10.6. The SMILES string of the molecule is N#C/C(=C\c1ccc(Nc2ccccc2)cc1)C(=O)O. The molecule has 0 aromatic heterocycles. The normalized spacial score (nSPS) is 10.7. The molecule has 2 N–H and O–H groups in total. The molecule has 20 heavy (non-hydrogen) atoms. The number of nitrogens with zero attached hydrogens (tertiary/aromatic N) is 1. The summed E-state index contributed by atoms with van der Waals surface area (Å²) in [4.78, 5) is 10.7. The Hall–Kier alpha value is -3.06. The van der Waals surface area contributed by atoms with E-state index in [1.807, 2.05) is 42.5 Å². The number of benzene rings is 2. The first kappa shape index (κ1) is 13.4. The molecule has 0 spiro atoms. The standard InChI is InChI=1S/C16H12N2O2/c17-11-13(16(19)20)10-12-6-8-15(9-7-12)18-14-4-2-1-3-5-14/h1-10,18H,(H,19,20)/b13-10+. The van der Waals surface area contributed by atoms with Crippen LogP contribution in [0.1, 0.15) is 5.56 Å². The van der Waals surface area contributed by atoms with Crippen molar-refractivity contribution in [3.8, 4) is 6.07 Å². The number of nitrogens with one attached hydrogen (secondary N) is 1. The number of carbonyl (C=O) groups is 1. The molecular formula is C16H12N2O2. The van der Waals surface area contributed by atoms with Crippen LogP contribution < -0.4 is 5.32 Å². The van der Waals surface area contributed by atoms with E-state index >= 15 is 0 Å². The molecular weight excluding hydrogens is 252 g/mol. The van der Waals surface area contributed by atoms with E-state index in [1.54, 1.807) is 18.2 Å². The second kappa shape index (κ2) is 6.21. The highest BCUT2D eigenvalue weighted by atomic mass is 16.4. The average molecular weight is 264 g/mol. The Morgan fingerprint density at radius 1 is 1.05 bits per heavy atom. The Morgan fingerprint density at radius 3 is 2.20 bits per heavy atom. The van der Waals surface area contributed by atoms with E-state index in [1.165, 1.54) is 6.08 Å². The molecule has 0 aliphatic carbocycles. The van der Waals surface area contributed by atoms with Gasteiger partial charge in [0.25, 0.3) is 0 Å². The van der Waals surface area contributed by atoms with Crippen LogP contribution in [0.4, 0.5) is 11.4 Å². The number of para-hydroxylation sites is 1. The van der Waals surface area contributed by atoms with E-state index in [2.05, 4.69) is 5.32 Å². The van der Waals surface area contributed by atoms with Gasteiger partial charge in [0.05, 0.1) is 0 Å².